The van der Waals surface area contributed by atoms with Crippen molar-refractivity contribution in [3.63, 3.8) is 0 Å². The van der Waals surface area contributed by atoms with E-state index in [2.05, 4.69) is 27.9 Å². The third kappa shape index (κ3) is 4.48. The van der Waals surface area contributed by atoms with Crippen molar-refractivity contribution < 1.29 is 13.9 Å². The lowest BCUT2D eigenvalue weighted by Gasteiger charge is -2.05. The van der Waals surface area contributed by atoms with Gasteiger partial charge in [0.25, 0.3) is 0 Å². The van der Waals surface area contributed by atoms with Gasteiger partial charge in [-0.2, -0.15) is 0 Å². The van der Waals surface area contributed by atoms with Gasteiger partial charge >= 0.3 is 0 Å². The van der Waals surface area contributed by atoms with Gasteiger partial charge in [-0.3, -0.25) is 14.8 Å². The predicted octanol–water partition coefficient (Wildman–Crippen LogP) is 4.56. The normalized spacial score (nSPS) is 11.0. The summed E-state index contributed by atoms with van der Waals surface area (Å²) in [5.74, 6) is 1.26. The van der Waals surface area contributed by atoms with Crippen molar-refractivity contribution in [2.75, 3.05) is 0 Å². The zero-order chi connectivity index (χ0) is 20.2. The summed E-state index contributed by atoms with van der Waals surface area (Å²) < 4.78 is 11.7. The molecule has 0 aliphatic carbocycles. The van der Waals surface area contributed by atoms with Crippen LogP contribution in [0.5, 0.6) is 5.75 Å². The van der Waals surface area contributed by atoms with Crippen LogP contribution in [0.1, 0.15) is 30.8 Å². The minimum Gasteiger partial charge on any atom is -0.487 e. The largest absolute Gasteiger partial charge is 0.487 e. The molecule has 0 aliphatic heterocycles. The molecule has 1 aromatic carbocycles. The number of fused-ring (bicyclic) bond motifs is 1. The molecule has 0 amide bonds. The summed E-state index contributed by atoms with van der Waals surface area (Å²) in [6.07, 6.45) is 4.84. The number of Topliss-reactive ketones (excluding diaryl/α,β-unsaturated/α-hetero) is 1. The van der Waals surface area contributed by atoms with Crippen LogP contribution in [-0.2, 0) is 24.2 Å². The Hall–Kier alpha value is -3.54. The van der Waals surface area contributed by atoms with E-state index in [1.807, 2.05) is 42.6 Å². The van der Waals surface area contributed by atoms with Gasteiger partial charge in [-0.15, -0.1) is 0 Å². The molecule has 0 bridgehead atoms. The number of nitrogens with zero attached hydrogens (tertiary/aromatic N) is 3. The summed E-state index contributed by atoms with van der Waals surface area (Å²) in [7, 11) is 0. The van der Waals surface area contributed by atoms with E-state index >= 15 is 0 Å². The van der Waals surface area contributed by atoms with E-state index in [9.17, 15) is 4.79 Å². The first-order valence-electron chi connectivity index (χ1n) is 9.52. The summed E-state index contributed by atoms with van der Waals surface area (Å²) in [5, 5.41) is 0. The Morgan fingerprint density at radius 2 is 1.86 bits per heavy atom. The van der Waals surface area contributed by atoms with Crippen LogP contribution in [0.25, 0.3) is 22.6 Å². The highest BCUT2D eigenvalue weighted by atomic mass is 16.5. The number of rotatable bonds is 7. The Bertz CT molecular complexity index is 1130. The van der Waals surface area contributed by atoms with E-state index in [1.54, 1.807) is 13.1 Å². The van der Waals surface area contributed by atoms with E-state index in [0.717, 1.165) is 23.4 Å². The van der Waals surface area contributed by atoms with Crippen LogP contribution >= 0.6 is 0 Å². The second-order valence-electron chi connectivity index (χ2n) is 6.87. The summed E-state index contributed by atoms with van der Waals surface area (Å²) in [6, 6.07) is 13.3. The highest BCUT2D eigenvalue weighted by molar-refractivity contribution is 5.78. The van der Waals surface area contributed by atoms with Crippen LogP contribution in [0.4, 0.5) is 0 Å². The lowest BCUT2D eigenvalue weighted by atomic mass is 10.2. The van der Waals surface area contributed by atoms with Gasteiger partial charge in [-0.25, -0.2) is 4.98 Å². The smallest absolute Gasteiger partial charge is 0.228 e. The summed E-state index contributed by atoms with van der Waals surface area (Å²) in [4.78, 5) is 24.5. The van der Waals surface area contributed by atoms with Crippen molar-refractivity contribution in [1.82, 2.24) is 15.0 Å². The summed E-state index contributed by atoms with van der Waals surface area (Å²) in [6.45, 7) is 4.04. The van der Waals surface area contributed by atoms with Crippen molar-refractivity contribution in [3.05, 3.63) is 71.8 Å². The van der Waals surface area contributed by atoms with E-state index in [0.29, 0.717) is 35.8 Å². The molecule has 29 heavy (non-hydrogen) atoms. The standard InChI is InChI=1S/C23H21N3O3/c1-3-16-4-6-19(24-12-16)14-28-20-8-9-22-21(11-20)26-23(29-22)17-5-7-18(25-13-17)10-15(2)27/h4-9,11-13H,3,10,14H2,1-2H3. The van der Waals surface area contributed by atoms with Crippen LogP contribution < -0.4 is 4.74 Å². The number of hydrogen-bond donors (Lipinski definition) is 0. The molecular weight excluding hydrogens is 366 g/mol. The number of carbonyl (C=O) groups excluding carboxylic acids is 1. The lowest BCUT2D eigenvalue weighted by Crippen LogP contribution is -1.98. The average Bonchev–Trinajstić information content (AvgIpc) is 3.16. The maximum absolute atomic E-state index is 11.2. The number of carbonyl (C=O) groups is 1. The number of aromatic nitrogens is 3. The van der Waals surface area contributed by atoms with E-state index in [-0.39, 0.29) is 5.78 Å². The molecule has 0 radical (unpaired) electrons. The van der Waals surface area contributed by atoms with Gasteiger partial charge in [0, 0.05) is 30.6 Å². The molecule has 3 heterocycles. The van der Waals surface area contributed by atoms with Gasteiger partial charge < -0.3 is 9.15 Å². The van der Waals surface area contributed by atoms with Crippen LogP contribution in [0, 0.1) is 0 Å². The fourth-order valence-electron chi connectivity index (χ4n) is 2.94. The number of aryl methyl sites for hydroxylation is 1. The van der Waals surface area contributed by atoms with Crippen LogP contribution in [0.3, 0.4) is 0 Å². The molecule has 6 nitrogen and oxygen atoms in total. The van der Waals surface area contributed by atoms with Crippen LogP contribution in [0.2, 0.25) is 0 Å². The Morgan fingerprint density at radius 1 is 1.03 bits per heavy atom. The summed E-state index contributed by atoms with van der Waals surface area (Å²) in [5.41, 5.74) is 4.95. The van der Waals surface area contributed by atoms with E-state index < -0.39 is 0 Å². The maximum Gasteiger partial charge on any atom is 0.228 e. The zero-order valence-corrected chi connectivity index (χ0v) is 16.4. The van der Waals surface area contributed by atoms with Crippen molar-refractivity contribution in [1.29, 1.82) is 0 Å². The predicted molar refractivity (Wildman–Crippen MR) is 110 cm³/mol. The zero-order valence-electron chi connectivity index (χ0n) is 16.4. The Kier molecular flexibility index (Phi) is 5.33. The quantitative estimate of drug-likeness (QED) is 0.463. The molecule has 146 valence electrons. The first-order chi connectivity index (χ1) is 14.1. The van der Waals surface area contributed by atoms with Crippen LogP contribution in [0.15, 0.2) is 59.3 Å². The Labute approximate surface area is 168 Å². The number of hydrogen-bond acceptors (Lipinski definition) is 6. The number of pyridine rings is 2. The number of oxazole rings is 1. The van der Waals surface area contributed by atoms with Gasteiger partial charge in [0.15, 0.2) is 5.58 Å². The van der Waals surface area contributed by atoms with Gasteiger partial charge in [-0.05, 0) is 49.2 Å². The van der Waals surface area contributed by atoms with Crippen molar-refractivity contribution >= 4 is 16.9 Å². The molecule has 0 N–H and O–H groups in total. The average molecular weight is 387 g/mol. The third-order valence-electron chi connectivity index (χ3n) is 4.54. The second kappa shape index (κ2) is 8.22. The van der Waals surface area contributed by atoms with Crippen molar-refractivity contribution in [2.24, 2.45) is 0 Å². The molecule has 0 fully saturated rings. The first-order valence-corrected chi connectivity index (χ1v) is 9.52. The molecule has 0 atom stereocenters. The molecule has 0 unspecified atom stereocenters. The highest BCUT2D eigenvalue weighted by Gasteiger charge is 2.10. The minimum atomic E-state index is 0.0798. The fraction of sp³-hybridized carbons (Fsp3) is 0.217. The Morgan fingerprint density at radius 3 is 2.55 bits per heavy atom. The van der Waals surface area contributed by atoms with Gasteiger partial charge in [0.05, 0.1) is 11.3 Å². The number of ketones is 1. The fourth-order valence-corrected chi connectivity index (χ4v) is 2.94. The topological polar surface area (TPSA) is 78.1 Å². The number of benzene rings is 1. The molecule has 0 aliphatic rings. The highest BCUT2D eigenvalue weighted by Crippen LogP contribution is 2.27. The van der Waals surface area contributed by atoms with Crippen molar-refractivity contribution in [3.8, 4) is 17.2 Å². The third-order valence-corrected chi connectivity index (χ3v) is 4.54. The van der Waals surface area contributed by atoms with Crippen molar-refractivity contribution in [2.45, 2.75) is 33.3 Å². The summed E-state index contributed by atoms with van der Waals surface area (Å²) >= 11 is 0. The minimum absolute atomic E-state index is 0.0798. The van der Waals surface area contributed by atoms with E-state index in [1.165, 1.54) is 5.56 Å². The monoisotopic (exact) mass is 387 g/mol. The van der Waals surface area contributed by atoms with Gasteiger partial charge in [-0.1, -0.05) is 13.0 Å². The van der Waals surface area contributed by atoms with E-state index in [4.69, 9.17) is 9.15 Å². The van der Waals surface area contributed by atoms with Gasteiger partial charge in [0.2, 0.25) is 5.89 Å². The SMILES string of the molecule is CCc1ccc(COc2ccc3oc(-c4ccc(CC(C)=O)nc4)nc3c2)nc1. The second-order valence-corrected chi connectivity index (χ2v) is 6.87. The molecule has 4 aromatic rings. The molecule has 0 saturated carbocycles. The van der Waals surface area contributed by atoms with Gasteiger partial charge in [0.1, 0.15) is 23.7 Å². The number of ether oxygens (including phenoxy) is 1. The first kappa shape index (κ1) is 18.8. The molecule has 3 aromatic heterocycles. The molecular formula is C23H21N3O3. The molecule has 4 rings (SSSR count). The Balaban J connectivity index is 1.49. The van der Waals surface area contributed by atoms with Crippen LogP contribution in [-0.4, -0.2) is 20.7 Å². The molecule has 0 saturated heterocycles. The molecule has 6 heteroatoms. The molecule has 0 spiro atoms. The maximum atomic E-state index is 11.2. The lowest BCUT2D eigenvalue weighted by molar-refractivity contribution is -0.116.